The summed E-state index contributed by atoms with van der Waals surface area (Å²) in [6, 6.07) is 6.07. The van der Waals surface area contributed by atoms with Crippen molar-refractivity contribution in [3.05, 3.63) is 41.3 Å². The average Bonchev–Trinajstić information content (AvgIpc) is 2.32. The molecule has 1 aromatic carbocycles. The minimum atomic E-state index is -0.375. The highest BCUT2D eigenvalue weighted by Crippen LogP contribution is 2.33. The van der Waals surface area contributed by atoms with Gasteiger partial charge in [-0.2, -0.15) is 4.98 Å². The summed E-state index contributed by atoms with van der Waals surface area (Å²) in [4.78, 5) is 9.91. The first-order valence-electron chi connectivity index (χ1n) is 5.82. The van der Waals surface area contributed by atoms with Crippen molar-refractivity contribution in [2.24, 2.45) is 0 Å². The lowest BCUT2D eigenvalue weighted by atomic mass is 10.2. The number of benzene rings is 1. The third-order valence-electron chi connectivity index (χ3n) is 2.59. The zero-order valence-electron chi connectivity index (χ0n) is 10.6. The molecule has 0 unspecified atom stereocenters. The summed E-state index contributed by atoms with van der Waals surface area (Å²) >= 11 is 6.10. The first kappa shape index (κ1) is 13.5. The summed E-state index contributed by atoms with van der Waals surface area (Å²) in [5, 5.41) is 0.325. The van der Waals surface area contributed by atoms with Crippen LogP contribution in [0.4, 0.5) is 21.8 Å². The van der Waals surface area contributed by atoms with E-state index in [0.29, 0.717) is 16.5 Å². The Labute approximate surface area is 116 Å². The van der Waals surface area contributed by atoms with Crippen LogP contribution in [-0.2, 0) is 0 Å². The van der Waals surface area contributed by atoms with E-state index in [0.717, 1.165) is 0 Å². The van der Waals surface area contributed by atoms with Crippen molar-refractivity contribution in [2.45, 2.75) is 19.9 Å². The van der Waals surface area contributed by atoms with Crippen LogP contribution in [0.5, 0.6) is 0 Å². The minimum absolute atomic E-state index is 0.0808. The van der Waals surface area contributed by atoms with Crippen LogP contribution >= 0.6 is 11.6 Å². The van der Waals surface area contributed by atoms with Gasteiger partial charge in [0.05, 0.1) is 10.7 Å². The predicted octanol–water partition coefficient (Wildman–Crippen LogP) is 3.40. The van der Waals surface area contributed by atoms with Gasteiger partial charge in [0.25, 0.3) is 0 Å². The maximum absolute atomic E-state index is 13.1. The fraction of sp³-hybridized carbons (Fsp3) is 0.231. The maximum Gasteiger partial charge on any atom is 0.221 e. The van der Waals surface area contributed by atoms with Crippen LogP contribution in [0, 0.1) is 5.82 Å². The van der Waals surface area contributed by atoms with Crippen LogP contribution in [0.3, 0.4) is 0 Å². The van der Waals surface area contributed by atoms with Crippen molar-refractivity contribution in [2.75, 3.05) is 10.6 Å². The van der Waals surface area contributed by atoms with E-state index in [1.807, 2.05) is 18.7 Å². The molecule has 2 N–H and O–H groups in total. The minimum Gasteiger partial charge on any atom is -0.368 e. The van der Waals surface area contributed by atoms with Gasteiger partial charge in [-0.1, -0.05) is 11.6 Å². The number of nitrogens with zero attached hydrogens (tertiary/aromatic N) is 3. The maximum atomic E-state index is 13.1. The van der Waals surface area contributed by atoms with Gasteiger partial charge in [0, 0.05) is 12.2 Å². The van der Waals surface area contributed by atoms with Gasteiger partial charge in [0.2, 0.25) is 5.95 Å². The lowest BCUT2D eigenvalue weighted by Gasteiger charge is -2.28. The summed E-state index contributed by atoms with van der Waals surface area (Å²) in [5.41, 5.74) is 6.27. The molecule has 0 aliphatic rings. The highest BCUT2D eigenvalue weighted by molar-refractivity contribution is 6.33. The molecule has 1 heterocycles. The van der Waals surface area contributed by atoms with E-state index in [9.17, 15) is 4.39 Å². The van der Waals surface area contributed by atoms with E-state index < -0.39 is 0 Å². The molecule has 0 bridgehead atoms. The van der Waals surface area contributed by atoms with Gasteiger partial charge in [-0.3, -0.25) is 0 Å². The molecule has 100 valence electrons. The molecule has 2 rings (SSSR count). The number of nitrogen functional groups attached to an aromatic ring is 1. The number of halogens is 2. The Morgan fingerprint density at radius 3 is 2.63 bits per heavy atom. The van der Waals surface area contributed by atoms with E-state index >= 15 is 0 Å². The van der Waals surface area contributed by atoms with Crippen molar-refractivity contribution < 1.29 is 4.39 Å². The monoisotopic (exact) mass is 280 g/mol. The van der Waals surface area contributed by atoms with E-state index in [1.165, 1.54) is 12.1 Å². The Bertz CT molecular complexity index is 589. The van der Waals surface area contributed by atoms with Crippen LogP contribution in [0.15, 0.2) is 30.5 Å². The van der Waals surface area contributed by atoms with Crippen molar-refractivity contribution in [1.29, 1.82) is 0 Å². The van der Waals surface area contributed by atoms with Crippen molar-refractivity contribution in [3.63, 3.8) is 0 Å². The molecule has 0 aliphatic heterocycles. The number of anilines is 3. The Morgan fingerprint density at radius 2 is 2.05 bits per heavy atom. The lowest BCUT2D eigenvalue weighted by Crippen LogP contribution is -2.27. The Kier molecular flexibility index (Phi) is 3.85. The fourth-order valence-corrected chi connectivity index (χ4v) is 2.10. The molecule has 0 spiro atoms. The first-order chi connectivity index (χ1) is 8.99. The third kappa shape index (κ3) is 2.93. The van der Waals surface area contributed by atoms with Crippen LogP contribution in [0.1, 0.15) is 13.8 Å². The predicted molar refractivity (Wildman–Crippen MR) is 75.1 cm³/mol. The molecule has 0 fully saturated rings. The van der Waals surface area contributed by atoms with Crippen molar-refractivity contribution in [1.82, 2.24) is 9.97 Å². The molecule has 6 heteroatoms. The van der Waals surface area contributed by atoms with Gasteiger partial charge in [-0.15, -0.1) is 0 Å². The fourth-order valence-electron chi connectivity index (χ4n) is 1.84. The Balaban J connectivity index is 2.52. The number of rotatable bonds is 3. The van der Waals surface area contributed by atoms with Crippen LogP contribution in [0.2, 0.25) is 5.02 Å². The topological polar surface area (TPSA) is 55.0 Å². The summed E-state index contributed by atoms with van der Waals surface area (Å²) in [6.45, 7) is 3.97. The second-order valence-electron chi connectivity index (χ2n) is 4.33. The number of aromatic nitrogens is 2. The molecule has 2 aromatic rings. The number of nitrogens with two attached hydrogens (primary N) is 1. The average molecular weight is 281 g/mol. The largest absolute Gasteiger partial charge is 0.368 e. The highest BCUT2D eigenvalue weighted by atomic mass is 35.5. The molecule has 4 nitrogen and oxygen atoms in total. The van der Waals surface area contributed by atoms with Gasteiger partial charge in [0.15, 0.2) is 0 Å². The molecule has 0 atom stereocenters. The third-order valence-corrected chi connectivity index (χ3v) is 2.89. The van der Waals surface area contributed by atoms with E-state index in [4.69, 9.17) is 17.3 Å². The van der Waals surface area contributed by atoms with Crippen molar-refractivity contribution in [3.8, 4) is 0 Å². The van der Waals surface area contributed by atoms with Crippen LogP contribution in [-0.4, -0.2) is 16.0 Å². The summed E-state index contributed by atoms with van der Waals surface area (Å²) in [5.74, 6) is 0.428. The molecule has 19 heavy (non-hydrogen) atoms. The second-order valence-corrected chi connectivity index (χ2v) is 4.74. The molecule has 0 radical (unpaired) electrons. The zero-order chi connectivity index (χ0) is 14.0. The molecule has 0 aliphatic carbocycles. The lowest BCUT2D eigenvalue weighted by molar-refractivity contribution is 0.627. The normalized spacial score (nSPS) is 10.8. The zero-order valence-corrected chi connectivity index (χ0v) is 11.4. The standard InChI is InChI=1S/C13H14ClFN4/c1-8(2)19(12-5-6-17-13(16)18-12)11-4-3-9(15)7-10(11)14/h3-8H,1-2H3,(H2,16,17,18). The molecule has 0 saturated heterocycles. The van der Waals surface area contributed by atoms with Gasteiger partial charge in [-0.25, -0.2) is 9.37 Å². The van der Waals surface area contributed by atoms with Gasteiger partial charge in [0.1, 0.15) is 11.6 Å². The quantitative estimate of drug-likeness (QED) is 0.936. The molecular weight excluding hydrogens is 267 g/mol. The highest BCUT2D eigenvalue weighted by Gasteiger charge is 2.18. The van der Waals surface area contributed by atoms with E-state index in [-0.39, 0.29) is 17.8 Å². The number of hydrogen-bond acceptors (Lipinski definition) is 4. The van der Waals surface area contributed by atoms with Gasteiger partial charge in [-0.05, 0) is 38.1 Å². The van der Waals surface area contributed by atoms with E-state index in [2.05, 4.69) is 9.97 Å². The molecule has 0 amide bonds. The second kappa shape index (κ2) is 5.40. The molecule has 1 aromatic heterocycles. The summed E-state index contributed by atoms with van der Waals surface area (Å²) < 4.78 is 13.1. The molecular formula is C13H14ClFN4. The summed E-state index contributed by atoms with van der Waals surface area (Å²) in [6.07, 6.45) is 1.57. The summed E-state index contributed by atoms with van der Waals surface area (Å²) in [7, 11) is 0. The SMILES string of the molecule is CC(C)N(c1ccnc(N)n1)c1ccc(F)cc1Cl. The Hall–Kier alpha value is -1.88. The Morgan fingerprint density at radius 1 is 1.32 bits per heavy atom. The smallest absolute Gasteiger partial charge is 0.221 e. The van der Waals surface area contributed by atoms with E-state index in [1.54, 1.807) is 18.3 Å². The van der Waals surface area contributed by atoms with Crippen LogP contribution < -0.4 is 10.6 Å². The van der Waals surface area contributed by atoms with Gasteiger partial charge >= 0.3 is 0 Å². The first-order valence-corrected chi connectivity index (χ1v) is 6.19. The number of hydrogen-bond donors (Lipinski definition) is 1. The van der Waals surface area contributed by atoms with Crippen molar-refractivity contribution >= 4 is 29.1 Å². The van der Waals surface area contributed by atoms with Crippen LogP contribution in [0.25, 0.3) is 0 Å². The van der Waals surface area contributed by atoms with Gasteiger partial charge < -0.3 is 10.6 Å². The molecule has 0 saturated carbocycles.